The summed E-state index contributed by atoms with van der Waals surface area (Å²) < 4.78 is 5.69. The standard InChI is InChI=1S/C20H19N3O5/c24-19-17-6-5-16(28-15-3-1-14(2-4-15)23(26)27)11-18(17)20(25)22(19)12-13-7-9-21-10-8-13/h1-6,11,13,21H,7-10,12H2. The summed E-state index contributed by atoms with van der Waals surface area (Å²) in [6.07, 6.45) is 1.89. The van der Waals surface area contributed by atoms with Gasteiger partial charge in [-0.15, -0.1) is 0 Å². The second-order valence-corrected chi connectivity index (χ2v) is 6.97. The van der Waals surface area contributed by atoms with Gasteiger partial charge in [-0.3, -0.25) is 24.6 Å². The number of piperidine rings is 1. The number of benzene rings is 2. The number of carbonyl (C=O) groups excluding carboxylic acids is 2. The van der Waals surface area contributed by atoms with Gasteiger partial charge in [0, 0.05) is 18.7 Å². The van der Waals surface area contributed by atoms with Crippen molar-refractivity contribution < 1.29 is 19.2 Å². The van der Waals surface area contributed by atoms with Gasteiger partial charge < -0.3 is 10.1 Å². The molecule has 2 aliphatic heterocycles. The first kappa shape index (κ1) is 18.1. The Bertz CT molecular complexity index is 935. The highest BCUT2D eigenvalue weighted by atomic mass is 16.6. The van der Waals surface area contributed by atoms with Crippen LogP contribution in [0.25, 0.3) is 0 Å². The summed E-state index contributed by atoms with van der Waals surface area (Å²) in [7, 11) is 0. The highest BCUT2D eigenvalue weighted by Crippen LogP contribution is 2.31. The first-order valence-electron chi connectivity index (χ1n) is 9.16. The quantitative estimate of drug-likeness (QED) is 0.485. The van der Waals surface area contributed by atoms with Crippen LogP contribution in [0, 0.1) is 16.0 Å². The molecule has 0 unspecified atom stereocenters. The average Bonchev–Trinajstić information content (AvgIpc) is 2.94. The van der Waals surface area contributed by atoms with E-state index in [1.807, 2.05) is 0 Å². The Morgan fingerprint density at radius 2 is 1.64 bits per heavy atom. The molecular weight excluding hydrogens is 362 g/mol. The molecule has 2 aliphatic rings. The number of carbonyl (C=O) groups is 2. The van der Waals surface area contributed by atoms with Crippen LogP contribution in [-0.4, -0.2) is 41.3 Å². The monoisotopic (exact) mass is 381 g/mol. The summed E-state index contributed by atoms with van der Waals surface area (Å²) in [6.45, 7) is 2.24. The number of hydrogen-bond acceptors (Lipinski definition) is 6. The molecule has 0 radical (unpaired) electrons. The maximum Gasteiger partial charge on any atom is 0.269 e. The van der Waals surface area contributed by atoms with E-state index in [4.69, 9.17) is 4.74 Å². The third kappa shape index (κ3) is 3.46. The van der Waals surface area contributed by atoms with Crippen LogP contribution in [0.3, 0.4) is 0 Å². The van der Waals surface area contributed by atoms with Gasteiger partial charge in [0.15, 0.2) is 0 Å². The Balaban J connectivity index is 1.50. The molecule has 144 valence electrons. The van der Waals surface area contributed by atoms with Crippen molar-refractivity contribution in [3.05, 3.63) is 63.7 Å². The predicted octanol–water partition coefficient (Wildman–Crippen LogP) is 2.98. The van der Waals surface area contributed by atoms with Gasteiger partial charge in [-0.1, -0.05) is 0 Å². The number of fused-ring (bicyclic) bond motifs is 1. The molecule has 2 heterocycles. The van der Waals surface area contributed by atoms with E-state index in [2.05, 4.69) is 5.32 Å². The predicted molar refractivity (Wildman–Crippen MR) is 101 cm³/mol. The number of nitrogens with zero attached hydrogens (tertiary/aromatic N) is 2. The van der Waals surface area contributed by atoms with Gasteiger partial charge in [0.1, 0.15) is 11.5 Å². The first-order valence-corrected chi connectivity index (χ1v) is 9.16. The number of nitro benzene ring substituents is 1. The molecule has 0 aromatic heterocycles. The van der Waals surface area contributed by atoms with E-state index in [0.29, 0.717) is 35.1 Å². The highest BCUT2D eigenvalue weighted by molar-refractivity contribution is 6.21. The minimum atomic E-state index is -0.486. The molecule has 28 heavy (non-hydrogen) atoms. The Labute approximate surface area is 161 Å². The Morgan fingerprint density at radius 3 is 2.32 bits per heavy atom. The van der Waals surface area contributed by atoms with E-state index in [0.717, 1.165) is 25.9 Å². The Kier molecular flexibility index (Phi) is 4.79. The van der Waals surface area contributed by atoms with Crippen LogP contribution in [0.4, 0.5) is 5.69 Å². The summed E-state index contributed by atoms with van der Waals surface area (Å²) in [5.74, 6) is 0.568. The molecular formula is C20H19N3O5. The Hall–Kier alpha value is -3.26. The van der Waals surface area contributed by atoms with Crippen molar-refractivity contribution in [3.63, 3.8) is 0 Å². The van der Waals surface area contributed by atoms with Crippen LogP contribution in [-0.2, 0) is 0 Å². The molecule has 0 saturated carbocycles. The van der Waals surface area contributed by atoms with E-state index in [1.165, 1.54) is 29.2 Å². The largest absolute Gasteiger partial charge is 0.457 e. The number of imide groups is 1. The molecule has 2 aromatic carbocycles. The molecule has 1 N–H and O–H groups in total. The van der Waals surface area contributed by atoms with Crippen molar-refractivity contribution >= 4 is 17.5 Å². The van der Waals surface area contributed by atoms with Crippen LogP contribution in [0.2, 0.25) is 0 Å². The van der Waals surface area contributed by atoms with Crippen molar-refractivity contribution in [2.24, 2.45) is 5.92 Å². The number of rotatable bonds is 5. The van der Waals surface area contributed by atoms with Crippen molar-refractivity contribution in [1.29, 1.82) is 0 Å². The zero-order valence-electron chi connectivity index (χ0n) is 15.1. The van der Waals surface area contributed by atoms with E-state index < -0.39 is 4.92 Å². The molecule has 4 rings (SSSR count). The molecule has 0 spiro atoms. The van der Waals surface area contributed by atoms with E-state index >= 15 is 0 Å². The molecule has 0 aliphatic carbocycles. The van der Waals surface area contributed by atoms with Gasteiger partial charge in [0.2, 0.25) is 0 Å². The lowest BCUT2D eigenvalue weighted by Gasteiger charge is -2.26. The second-order valence-electron chi connectivity index (χ2n) is 6.97. The third-order valence-corrected chi connectivity index (χ3v) is 5.12. The summed E-state index contributed by atoms with van der Waals surface area (Å²) in [6, 6.07) is 10.4. The highest BCUT2D eigenvalue weighted by Gasteiger charge is 2.37. The lowest BCUT2D eigenvalue weighted by atomic mass is 9.97. The molecule has 8 nitrogen and oxygen atoms in total. The summed E-state index contributed by atoms with van der Waals surface area (Å²) in [5.41, 5.74) is 0.684. The van der Waals surface area contributed by atoms with E-state index in [-0.39, 0.29) is 17.5 Å². The van der Waals surface area contributed by atoms with Crippen molar-refractivity contribution in [3.8, 4) is 11.5 Å². The zero-order chi connectivity index (χ0) is 19.7. The lowest BCUT2D eigenvalue weighted by Crippen LogP contribution is -2.38. The van der Waals surface area contributed by atoms with Gasteiger partial charge in [-0.25, -0.2) is 0 Å². The summed E-state index contributed by atoms with van der Waals surface area (Å²) in [4.78, 5) is 37.0. The number of nitro groups is 1. The normalized spacial score (nSPS) is 16.9. The number of hydrogen-bond donors (Lipinski definition) is 1. The van der Waals surface area contributed by atoms with Gasteiger partial charge in [-0.05, 0) is 62.2 Å². The number of nitrogens with one attached hydrogen (secondary N) is 1. The fraction of sp³-hybridized carbons (Fsp3) is 0.300. The minimum Gasteiger partial charge on any atom is -0.457 e. The topological polar surface area (TPSA) is 102 Å². The molecule has 2 aromatic rings. The third-order valence-electron chi connectivity index (χ3n) is 5.12. The Morgan fingerprint density at radius 1 is 1.00 bits per heavy atom. The van der Waals surface area contributed by atoms with E-state index in [9.17, 15) is 19.7 Å². The van der Waals surface area contributed by atoms with Crippen LogP contribution >= 0.6 is 0 Å². The summed E-state index contributed by atoms with van der Waals surface area (Å²) in [5, 5.41) is 14.0. The molecule has 8 heteroatoms. The zero-order valence-corrected chi connectivity index (χ0v) is 15.1. The van der Waals surface area contributed by atoms with Crippen molar-refractivity contribution in [2.45, 2.75) is 12.8 Å². The number of amides is 2. The van der Waals surface area contributed by atoms with Gasteiger partial charge in [-0.2, -0.15) is 0 Å². The fourth-order valence-corrected chi connectivity index (χ4v) is 3.59. The molecule has 1 fully saturated rings. The first-order chi connectivity index (χ1) is 13.5. The maximum atomic E-state index is 12.8. The maximum absolute atomic E-state index is 12.8. The summed E-state index contributed by atoms with van der Waals surface area (Å²) >= 11 is 0. The number of non-ortho nitro benzene ring substituents is 1. The SMILES string of the molecule is O=C1c2ccc(Oc3ccc([N+](=O)[O-])cc3)cc2C(=O)N1CC1CCNCC1. The fourth-order valence-electron chi connectivity index (χ4n) is 3.59. The molecule has 2 amide bonds. The van der Waals surface area contributed by atoms with Crippen LogP contribution in [0.1, 0.15) is 33.6 Å². The minimum absolute atomic E-state index is 0.0318. The van der Waals surface area contributed by atoms with Crippen LogP contribution in [0.15, 0.2) is 42.5 Å². The molecule has 0 bridgehead atoms. The van der Waals surface area contributed by atoms with Gasteiger partial charge >= 0.3 is 0 Å². The van der Waals surface area contributed by atoms with Crippen LogP contribution in [0.5, 0.6) is 11.5 Å². The smallest absolute Gasteiger partial charge is 0.269 e. The second kappa shape index (κ2) is 7.40. The van der Waals surface area contributed by atoms with E-state index in [1.54, 1.807) is 18.2 Å². The molecule has 0 atom stereocenters. The molecule has 1 saturated heterocycles. The average molecular weight is 381 g/mol. The van der Waals surface area contributed by atoms with Crippen molar-refractivity contribution in [2.75, 3.05) is 19.6 Å². The van der Waals surface area contributed by atoms with Crippen LogP contribution < -0.4 is 10.1 Å². The van der Waals surface area contributed by atoms with Crippen molar-refractivity contribution in [1.82, 2.24) is 10.2 Å². The van der Waals surface area contributed by atoms with Gasteiger partial charge in [0.25, 0.3) is 17.5 Å². The number of ether oxygens (including phenoxy) is 1. The van der Waals surface area contributed by atoms with Gasteiger partial charge in [0.05, 0.1) is 16.1 Å². The lowest BCUT2D eigenvalue weighted by molar-refractivity contribution is -0.384.